The largest absolute Gasteiger partial charge is 0.461 e. The Labute approximate surface area is 92.9 Å². The SMILES string of the molecule is CCOC(=O)c1[nH]c2ccccc2c1CO. The molecule has 0 radical (unpaired) electrons. The molecule has 0 fully saturated rings. The van der Waals surface area contributed by atoms with Crippen molar-refractivity contribution in [2.45, 2.75) is 13.5 Å². The summed E-state index contributed by atoms with van der Waals surface area (Å²) in [5.41, 5.74) is 1.76. The Bertz CT molecular complexity index is 516. The lowest BCUT2D eigenvalue weighted by Gasteiger charge is -2.01. The maximum absolute atomic E-state index is 11.6. The minimum atomic E-state index is -0.428. The lowest BCUT2D eigenvalue weighted by molar-refractivity contribution is 0.0517. The fraction of sp³-hybridized carbons (Fsp3) is 0.250. The second kappa shape index (κ2) is 4.37. The zero-order valence-electron chi connectivity index (χ0n) is 8.99. The van der Waals surface area contributed by atoms with Crippen molar-refractivity contribution in [2.75, 3.05) is 6.61 Å². The topological polar surface area (TPSA) is 62.3 Å². The number of fused-ring (bicyclic) bond motifs is 1. The molecule has 0 spiro atoms. The van der Waals surface area contributed by atoms with Crippen LogP contribution in [-0.2, 0) is 11.3 Å². The number of nitrogens with one attached hydrogen (secondary N) is 1. The summed E-state index contributed by atoms with van der Waals surface area (Å²) in [7, 11) is 0. The summed E-state index contributed by atoms with van der Waals surface area (Å²) in [4.78, 5) is 14.6. The van der Waals surface area contributed by atoms with Crippen LogP contribution in [0.3, 0.4) is 0 Å². The number of carbonyl (C=O) groups is 1. The molecule has 1 aromatic carbocycles. The molecule has 1 aromatic heterocycles. The van der Waals surface area contributed by atoms with Gasteiger partial charge in [0.25, 0.3) is 0 Å². The van der Waals surface area contributed by atoms with Crippen LogP contribution < -0.4 is 0 Å². The normalized spacial score (nSPS) is 10.6. The first-order valence-corrected chi connectivity index (χ1v) is 5.15. The van der Waals surface area contributed by atoms with Gasteiger partial charge in [0.15, 0.2) is 0 Å². The third kappa shape index (κ3) is 1.67. The van der Waals surface area contributed by atoms with Gasteiger partial charge in [-0.15, -0.1) is 0 Å². The number of aliphatic hydroxyl groups is 1. The molecule has 0 saturated heterocycles. The van der Waals surface area contributed by atoms with Crippen LogP contribution in [0.25, 0.3) is 10.9 Å². The summed E-state index contributed by atoms with van der Waals surface area (Å²) in [6.45, 7) is 1.89. The molecule has 16 heavy (non-hydrogen) atoms. The van der Waals surface area contributed by atoms with Crippen LogP contribution in [0.15, 0.2) is 24.3 Å². The zero-order valence-corrected chi connectivity index (χ0v) is 8.99. The monoisotopic (exact) mass is 219 g/mol. The Morgan fingerprint density at radius 1 is 1.44 bits per heavy atom. The molecule has 0 amide bonds. The Kier molecular flexibility index (Phi) is 2.92. The second-order valence-electron chi connectivity index (χ2n) is 3.40. The number of esters is 1. The maximum atomic E-state index is 11.6. The highest BCUT2D eigenvalue weighted by Crippen LogP contribution is 2.22. The van der Waals surface area contributed by atoms with Crippen molar-refractivity contribution in [1.82, 2.24) is 4.98 Å². The van der Waals surface area contributed by atoms with Gasteiger partial charge in [-0.1, -0.05) is 18.2 Å². The minimum absolute atomic E-state index is 0.182. The van der Waals surface area contributed by atoms with Crippen LogP contribution >= 0.6 is 0 Å². The lowest BCUT2D eigenvalue weighted by atomic mass is 10.1. The van der Waals surface area contributed by atoms with Crippen LogP contribution in [0.4, 0.5) is 0 Å². The fourth-order valence-electron chi connectivity index (χ4n) is 1.74. The molecule has 0 unspecified atom stereocenters. The van der Waals surface area contributed by atoms with E-state index in [2.05, 4.69) is 4.98 Å². The van der Waals surface area contributed by atoms with Gasteiger partial charge in [0, 0.05) is 16.5 Å². The summed E-state index contributed by atoms with van der Waals surface area (Å²) < 4.78 is 4.92. The molecular formula is C12H13NO3. The lowest BCUT2D eigenvalue weighted by Crippen LogP contribution is -2.07. The van der Waals surface area contributed by atoms with Crippen LogP contribution in [-0.4, -0.2) is 22.7 Å². The number of hydrogen-bond acceptors (Lipinski definition) is 3. The van der Waals surface area contributed by atoms with Gasteiger partial charge in [0.2, 0.25) is 0 Å². The minimum Gasteiger partial charge on any atom is -0.461 e. The van der Waals surface area contributed by atoms with Crippen molar-refractivity contribution in [3.8, 4) is 0 Å². The number of aromatic nitrogens is 1. The molecule has 0 aliphatic rings. The van der Waals surface area contributed by atoms with E-state index < -0.39 is 5.97 Å². The van der Waals surface area contributed by atoms with E-state index in [1.165, 1.54) is 0 Å². The van der Waals surface area contributed by atoms with E-state index in [-0.39, 0.29) is 6.61 Å². The number of benzene rings is 1. The number of H-pyrrole nitrogens is 1. The first-order valence-electron chi connectivity index (χ1n) is 5.15. The molecule has 0 saturated carbocycles. The average Bonchev–Trinajstić information content (AvgIpc) is 2.67. The zero-order chi connectivity index (χ0) is 11.5. The number of aromatic amines is 1. The Balaban J connectivity index is 2.56. The highest BCUT2D eigenvalue weighted by atomic mass is 16.5. The predicted molar refractivity (Wildman–Crippen MR) is 60.2 cm³/mol. The van der Waals surface area contributed by atoms with Gasteiger partial charge in [-0.05, 0) is 13.0 Å². The van der Waals surface area contributed by atoms with Gasteiger partial charge >= 0.3 is 5.97 Å². The van der Waals surface area contributed by atoms with Gasteiger partial charge in [-0.25, -0.2) is 4.79 Å². The van der Waals surface area contributed by atoms with Crippen molar-refractivity contribution < 1.29 is 14.6 Å². The van der Waals surface area contributed by atoms with Gasteiger partial charge in [-0.2, -0.15) is 0 Å². The van der Waals surface area contributed by atoms with Crippen LogP contribution in [0.1, 0.15) is 23.0 Å². The number of carbonyl (C=O) groups excluding carboxylic acids is 1. The van der Waals surface area contributed by atoms with E-state index in [0.29, 0.717) is 17.9 Å². The molecule has 1 heterocycles. The molecule has 4 nitrogen and oxygen atoms in total. The third-order valence-electron chi connectivity index (χ3n) is 2.45. The maximum Gasteiger partial charge on any atom is 0.355 e. The molecule has 2 aromatic rings. The van der Waals surface area contributed by atoms with Gasteiger partial charge in [0.05, 0.1) is 13.2 Å². The van der Waals surface area contributed by atoms with E-state index in [1.54, 1.807) is 6.92 Å². The highest BCUT2D eigenvalue weighted by molar-refractivity contribution is 5.98. The summed E-state index contributed by atoms with van der Waals surface area (Å²) >= 11 is 0. The Morgan fingerprint density at radius 3 is 2.88 bits per heavy atom. The number of rotatable bonds is 3. The third-order valence-corrected chi connectivity index (χ3v) is 2.45. The van der Waals surface area contributed by atoms with Crippen LogP contribution in [0.5, 0.6) is 0 Å². The van der Waals surface area contributed by atoms with Crippen molar-refractivity contribution in [3.63, 3.8) is 0 Å². The van der Waals surface area contributed by atoms with Crippen LogP contribution in [0, 0.1) is 0 Å². The number of hydrogen-bond donors (Lipinski definition) is 2. The van der Waals surface area contributed by atoms with E-state index in [9.17, 15) is 9.90 Å². The summed E-state index contributed by atoms with van der Waals surface area (Å²) in [5.74, 6) is -0.428. The predicted octanol–water partition coefficient (Wildman–Crippen LogP) is 1.84. The highest BCUT2D eigenvalue weighted by Gasteiger charge is 2.17. The molecule has 2 rings (SSSR count). The molecule has 84 valence electrons. The van der Waals surface area contributed by atoms with Crippen molar-refractivity contribution in [3.05, 3.63) is 35.5 Å². The molecule has 0 atom stereocenters. The summed E-state index contributed by atoms with van der Waals surface area (Å²) in [6, 6.07) is 7.45. The van der Waals surface area contributed by atoms with E-state index in [0.717, 1.165) is 10.9 Å². The van der Waals surface area contributed by atoms with Gasteiger partial charge in [-0.3, -0.25) is 0 Å². The molecule has 0 aliphatic heterocycles. The standard InChI is InChI=1S/C12H13NO3/c1-2-16-12(15)11-9(7-14)8-5-3-4-6-10(8)13-11/h3-6,13-14H,2,7H2,1H3. The molecular weight excluding hydrogens is 206 g/mol. The molecule has 0 bridgehead atoms. The molecule has 4 heteroatoms. The van der Waals surface area contributed by atoms with Crippen LogP contribution in [0.2, 0.25) is 0 Å². The quantitative estimate of drug-likeness (QED) is 0.774. The van der Waals surface area contributed by atoms with E-state index in [4.69, 9.17) is 4.74 Å². The number of para-hydroxylation sites is 1. The van der Waals surface area contributed by atoms with E-state index >= 15 is 0 Å². The summed E-state index contributed by atoms with van der Waals surface area (Å²) in [5, 5.41) is 10.1. The fourth-order valence-corrected chi connectivity index (χ4v) is 1.74. The Morgan fingerprint density at radius 2 is 2.19 bits per heavy atom. The van der Waals surface area contributed by atoms with Crippen molar-refractivity contribution >= 4 is 16.9 Å². The number of ether oxygens (including phenoxy) is 1. The Hall–Kier alpha value is -1.81. The van der Waals surface area contributed by atoms with Crippen molar-refractivity contribution in [1.29, 1.82) is 0 Å². The van der Waals surface area contributed by atoms with Crippen molar-refractivity contribution in [2.24, 2.45) is 0 Å². The van der Waals surface area contributed by atoms with Gasteiger partial charge in [0.1, 0.15) is 5.69 Å². The first-order chi connectivity index (χ1) is 7.77. The molecule has 2 N–H and O–H groups in total. The smallest absolute Gasteiger partial charge is 0.355 e. The molecule has 0 aliphatic carbocycles. The number of aliphatic hydroxyl groups excluding tert-OH is 1. The second-order valence-corrected chi connectivity index (χ2v) is 3.40. The first kappa shape index (κ1) is 10.7. The summed E-state index contributed by atoms with van der Waals surface area (Å²) in [6.07, 6.45) is 0. The van der Waals surface area contributed by atoms with Gasteiger partial charge < -0.3 is 14.8 Å². The average molecular weight is 219 g/mol. The van der Waals surface area contributed by atoms with E-state index in [1.807, 2.05) is 24.3 Å².